The van der Waals surface area contributed by atoms with Crippen molar-refractivity contribution < 1.29 is 23.5 Å². The van der Waals surface area contributed by atoms with Crippen molar-refractivity contribution >= 4 is 11.8 Å². The highest BCUT2D eigenvalue weighted by Crippen LogP contribution is 2.38. The second kappa shape index (κ2) is 8.73. The molecule has 1 fully saturated rings. The van der Waals surface area contributed by atoms with Crippen LogP contribution in [0, 0.1) is 5.82 Å². The molecule has 1 saturated heterocycles. The smallest absolute Gasteiger partial charge is 0.251 e. The Kier molecular flexibility index (Phi) is 6.13. The van der Waals surface area contributed by atoms with E-state index in [4.69, 9.17) is 9.47 Å². The van der Waals surface area contributed by atoms with Gasteiger partial charge in [0.1, 0.15) is 17.3 Å². The first-order valence-electron chi connectivity index (χ1n) is 9.08. The minimum Gasteiger partial charge on any atom is -0.497 e. The molecule has 0 aliphatic carbocycles. The van der Waals surface area contributed by atoms with Crippen molar-refractivity contribution in [2.24, 2.45) is 0 Å². The van der Waals surface area contributed by atoms with Gasteiger partial charge >= 0.3 is 0 Å². The SMILES string of the molecule is COc1ccc(C2CCCN2C(=O)CNC(=O)c2cccc(F)c2)c(OC)c1. The number of nitrogens with zero attached hydrogens (tertiary/aromatic N) is 1. The van der Waals surface area contributed by atoms with Gasteiger partial charge in [0, 0.05) is 23.7 Å². The lowest BCUT2D eigenvalue weighted by Gasteiger charge is -2.26. The van der Waals surface area contributed by atoms with Gasteiger partial charge in [0.2, 0.25) is 5.91 Å². The number of hydrogen-bond donors (Lipinski definition) is 1. The molecule has 1 aliphatic rings. The van der Waals surface area contributed by atoms with Crippen molar-refractivity contribution in [2.75, 3.05) is 27.3 Å². The molecule has 0 bridgehead atoms. The van der Waals surface area contributed by atoms with Gasteiger partial charge < -0.3 is 19.7 Å². The third kappa shape index (κ3) is 4.24. The van der Waals surface area contributed by atoms with Crippen LogP contribution in [0.4, 0.5) is 4.39 Å². The summed E-state index contributed by atoms with van der Waals surface area (Å²) in [7, 11) is 3.17. The molecule has 1 atom stereocenters. The van der Waals surface area contributed by atoms with Crippen LogP contribution in [0.15, 0.2) is 42.5 Å². The van der Waals surface area contributed by atoms with Crippen LogP contribution in [0.1, 0.15) is 34.8 Å². The minimum atomic E-state index is -0.495. The normalized spacial score (nSPS) is 16.0. The lowest BCUT2D eigenvalue weighted by Crippen LogP contribution is -2.40. The Morgan fingerprint density at radius 2 is 2.00 bits per heavy atom. The number of carbonyl (C=O) groups excluding carboxylic acids is 2. The first-order valence-corrected chi connectivity index (χ1v) is 9.08. The Bertz CT molecular complexity index is 871. The summed E-state index contributed by atoms with van der Waals surface area (Å²) in [4.78, 5) is 26.6. The molecule has 3 rings (SSSR count). The van der Waals surface area contributed by atoms with Crippen molar-refractivity contribution in [1.29, 1.82) is 0 Å². The van der Waals surface area contributed by atoms with E-state index in [1.165, 1.54) is 18.2 Å². The van der Waals surface area contributed by atoms with Crippen LogP contribution < -0.4 is 14.8 Å². The minimum absolute atomic E-state index is 0.126. The first kappa shape index (κ1) is 19.7. The third-order valence-corrected chi connectivity index (χ3v) is 4.86. The van der Waals surface area contributed by atoms with Crippen LogP contribution in [-0.4, -0.2) is 44.0 Å². The maximum atomic E-state index is 13.3. The van der Waals surface area contributed by atoms with E-state index in [2.05, 4.69) is 5.32 Å². The molecule has 1 unspecified atom stereocenters. The van der Waals surface area contributed by atoms with Crippen molar-refractivity contribution in [3.63, 3.8) is 0 Å². The van der Waals surface area contributed by atoms with Crippen LogP contribution in [0.5, 0.6) is 11.5 Å². The molecule has 7 heteroatoms. The predicted molar refractivity (Wildman–Crippen MR) is 102 cm³/mol. The number of carbonyl (C=O) groups is 2. The number of ether oxygens (including phenoxy) is 2. The lowest BCUT2D eigenvalue weighted by atomic mass is 10.0. The van der Waals surface area contributed by atoms with Gasteiger partial charge in [-0.3, -0.25) is 9.59 Å². The summed E-state index contributed by atoms with van der Waals surface area (Å²) in [5, 5.41) is 2.57. The molecule has 0 spiro atoms. The van der Waals surface area contributed by atoms with E-state index in [0.29, 0.717) is 18.0 Å². The molecular weight excluding hydrogens is 363 g/mol. The summed E-state index contributed by atoms with van der Waals surface area (Å²) >= 11 is 0. The summed E-state index contributed by atoms with van der Waals surface area (Å²) in [6.07, 6.45) is 1.68. The Morgan fingerprint density at radius 3 is 2.71 bits per heavy atom. The van der Waals surface area contributed by atoms with Crippen LogP contribution in [0.2, 0.25) is 0 Å². The highest BCUT2D eigenvalue weighted by Gasteiger charge is 2.32. The third-order valence-electron chi connectivity index (χ3n) is 4.86. The number of benzene rings is 2. The zero-order valence-corrected chi connectivity index (χ0v) is 15.9. The van der Waals surface area contributed by atoms with Gasteiger partial charge in [0.25, 0.3) is 5.91 Å². The summed E-state index contributed by atoms with van der Waals surface area (Å²) < 4.78 is 24.0. The van der Waals surface area contributed by atoms with E-state index in [1.807, 2.05) is 12.1 Å². The molecular formula is C21H23FN2O4. The van der Waals surface area contributed by atoms with Gasteiger partial charge in [0.05, 0.1) is 26.8 Å². The predicted octanol–water partition coefficient (Wildman–Crippen LogP) is 2.94. The van der Waals surface area contributed by atoms with Gasteiger partial charge in [-0.05, 0) is 43.2 Å². The molecule has 28 heavy (non-hydrogen) atoms. The number of rotatable bonds is 6. The van der Waals surface area contributed by atoms with Crippen molar-refractivity contribution in [1.82, 2.24) is 10.2 Å². The van der Waals surface area contributed by atoms with E-state index in [1.54, 1.807) is 25.2 Å². The summed E-state index contributed by atoms with van der Waals surface area (Å²) in [6.45, 7) is 0.457. The van der Waals surface area contributed by atoms with Gasteiger partial charge in [-0.15, -0.1) is 0 Å². The molecule has 2 aromatic carbocycles. The maximum absolute atomic E-state index is 13.3. The van der Waals surface area contributed by atoms with Crippen LogP contribution >= 0.6 is 0 Å². The van der Waals surface area contributed by atoms with Gasteiger partial charge in [0.15, 0.2) is 0 Å². The van der Waals surface area contributed by atoms with E-state index < -0.39 is 11.7 Å². The molecule has 148 valence electrons. The summed E-state index contributed by atoms with van der Waals surface area (Å²) in [5.41, 5.74) is 1.09. The van der Waals surface area contributed by atoms with Crippen molar-refractivity contribution in [2.45, 2.75) is 18.9 Å². The second-order valence-corrected chi connectivity index (χ2v) is 6.55. The fourth-order valence-corrected chi connectivity index (χ4v) is 3.47. The molecule has 1 aliphatic heterocycles. The quantitative estimate of drug-likeness (QED) is 0.829. The van der Waals surface area contributed by atoms with E-state index in [0.717, 1.165) is 24.5 Å². The van der Waals surface area contributed by atoms with E-state index in [9.17, 15) is 14.0 Å². The number of nitrogens with one attached hydrogen (secondary N) is 1. The number of amides is 2. The Labute approximate surface area is 163 Å². The molecule has 2 aromatic rings. The molecule has 0 aromatic heterocycles. The summed E-state index contributed by atoms with van der Waals surface area (Å²) in [6, 6.07) is 10.8. The monoisotopic (exact) mass is 386 g/mol. The Morgan fingerprint density at radius 1 is 1.18 bits per heavy atom. The van der Waals surface area contributed by atoms with Crippen molar-refractivity contribution in [3.8, 4) is 11.5 Å². The Hall–Kier alpha value is -3.09. The molecule has 2 amide bonds. The number of halogens is 1. The Balaban J connectivity index is 1.69. The molecule has 0 radical (unpaired) electrons. The highest BCUT2D eigenvalue weighted by atomic mass is 19.1. The average Bonchev–Trinajstić information content (AvgIpc) is 3.20. The van der Waals surface area contributed by atoms with Gasteiger partial charge in [-0.2, -0.15) is 0 Å². The average molecular weight is 386 g/mol. The van der Waals surface area contributed by atoms with E-state index >= 15 is 0 Å². The second-order valence-electron chi connectivity index (χ2n) is 6.55. The number of likely N-dealkylation sites (tertiary alicyclic amines) is 1. The largest absolute Gasteiger partial charge is 0.497 e. The van der Waals surface area contributed by atoms with Crippen LogP contribution in [-0.2, 0) is 4.79 Å². The number of hydrogen-bond acceptors (Lipinski definition) is 4. The van der Waals surface area contributed by atoms with Crippen LogP contribution in [0.25, 0.3) is 0 Å². The lowest BCUT2D eigenvalue weighted by molar-refractivity contribution is -0.131. The van der Waals surface area contributed by atoms with E-state index in [-0.39, 0.29) is 24.1 Å². The van der Waals surface area contributed by atoms with Gasteiger partial charge in [-0.1, -0.05) is 6.07 Å². The topological polar surface area (TPSA) is 67.9 Å². The van der Waals surface area contributed by atoms with Crippen molar-refractivity contribution in [3.05, 3.63) is 59.4 Å². The standard InChI is InChI=1S/C21H23FN2O4/c1-27-16-8-9-17(19(12-16)28-2)18-7-4-10-24(18)20(25)13-23-21(26)14-5-3-6-15(22)11-14/h3,5-6,8-9,11-12,18H,4,7,10,13H2,1-2H3,(H,23,26). The summed E-state index contributed by atoms with van der Waals surface area (Å²) in [5.74, 6) is 0.174. The fraction of sp³-hybridized carbons (Fsp3) is 0.333. The molecule has 0 saturated carbocycles. The highest BCUT2D eigenvalue weighted by molar-refractivity contribution is 5.96. The van der Waals surface area contributed by atoms with Crippen LogP contribution in [0.3, 0.4) is 0 Å². The zero-order chi connectivity index (χ0) is 20.1. The maximum Gasteiger partial charge on any atom is 0.251 e. The fourth-order valence-electron chi connectivity index (χ4n) is 3.47. The first-order chi connectivity index (χ1) is 13.5. The number of methoxy groups -OCH3 is 2. The molecule has 1 heterocycles. The zero-order valence-electron chi connectivity index (χ0n) is 15.9. The molecule has 6 nitrogen and oxygen atoms in total. The molecule has 1 N–H and O–H groups in total. The van der Waals surface area contributed by atoms with Gasteiger partial charge in [-0.25, -0.2) is 4.39 Å².